The average Bonchev–Trinajstić information content (AvgIpc) is 3.34. The van der Waals surface area contributed by atoms with Crippen LogP contribution in [-0.2, 0) is 24.4 Å². The molecule has 0 saturated heterocycles. The number of carbonyl (C=O) groups is 1. The molecular formula is C26H22ClN3O5. The van der Waals surface area contributed by atoms with Crippen molar-refractivity contribution in [3.8, 4) is 11.5 Å². The number of hydrogen-bond donors (Lipinski definition) is 1. The van der Waals surface area contributed by atoms with Crippen LogP contribution in [0.5, 0.6) is 11.5 Å². The minimum Gasteiger partial charge on any atom is -0.454 e. The molecule has 0 unspecified atom stereocenters. The van der Waals surface area contributed by atoms with Crippen LogP contribution in [0.1, 0.15) is 17.5 Å². The molecule has 3 aromatic carbocycles. The van der Waals surface area contributed by atoms with E-state index in [4.69, 9.17) is 21.1 Å². The Morgan fingerprint density at radius 3 is 2.49 bits per heavy atom. The quantitative estimate of drug-likeness (QED) is 0.428. The van der Waals surface area contributed by atoms with Gasteiger partial charge in [0.25, 0.3) is 5.56 Å². The van der Waals surface area contributed by atoms with E-state index in [1.54, 1.807) is 47.0 Å². The highest BCUT2D eigenvalue weighted by Crippen LogP contribution is 2.32. The Balaban J connectivity index is 1.35. The van der Waals surface area contributed by atoms with Crippen molar-refractivity contribution in [2.45, 2.75) is 26.1 Å². The summed E-state index contributed by atoms with van der Waals surface area (Å²) in [6.45, 7) is 0.716. The lowest BCUT2D eigenvalue weighted by atomic mass is 10.2. The molecule has 4 aromatic rings. The monoisotopic (exact) mass is 491 g/mol. The number of nitrogens with one attached hydrogen (secondary N) is 1. The number of para-hydroxylation sites is 1. The van der Waals surface area contributed by atoms with Gasteiger partial charge in [-0.2, -0.15) is 0 Å². The van der Waals surface area contributed by atoms with Crippen molar-refractivity contribution in [3.63, 3.8) is 0 Å². The predicted octanol–water partition coefficient (Wildman–Crippen LogP) is 3.30. The maximum atomic E-state index is 13.3. The van der Waals surface area contributed by atoms with Gasteiger partial charge in [-0.15, -0.1) is 0 Å². The van der Waals surface area contributed by atoms with Gasteiger partial charge in [0.05, 0.1) is 17.4 Å². The summed E-state index contributed by atoms with van der Waals surface area (Å²) in [7, 11) is 0. The van der Waals surface area contributed by atoms with Crippen molar-refractivity contribution in [1.29, 1.82) is 0 Å². The van der Waals surface area contributed by atoms with E-state index in [0.29, 0.717) is 34.0 Å². The summed E-state index contributed by atoms with van der Waals surface area (Å²) in [5.41, 5.74) is 1.39. The van der Waals surface area contributed by atoms with Gasteiger partial charge in [0.1, 0.15) is 0 Å². The van der Waals surface area contributed by atoms with Gasteiger partial charge < -0.3 is 14.8 Å². The van der Waals surface area contributed by atoms with Crippen molar-refractivity contribution in [3.05, 3.63) is 104 Å². The summed E-state index contributed by atoms with van der Waals surface area (Å²) < 4.78 is 13.3. The number of hydrogen-bond acceptors (Lipinski definition) is 5. The third-order valence-corrected chi connectivity index (χ3v) is 6.13. The summed E-state index contributed by atoms with van der Waals surface area (Å²) in [6, 6.07) is 19.6. The fourth-order valence-electron chi connectivity index (χ4n) is 4.05. The van der Waals surface area contributed by atoms with Gasteiger partial charge >= 0.3 is 5.69 Å². The number of rotatable bonds is 7. The molecule has 1 N–H and O–H groups in total. The van der Waals surface area contributed by atoms with Gasteiger partial charge in [-0.1, -0.05) is 41.9 Å². The molecule has 9 heteroatoms. The molecule has 2 heterocycles. The number of carbonyl (C=O) groups excluding carboxylic acids is 1. The molecule has 178 valence electrons. The van der Waals surface area contributed by atoms with Gasteiger partial charge in [0, 0.05) is 24.5 Å². The zero-order chi connectivity index (χ0) is 24.4. The number of halogens is 1. The average molecular weight is 492 g/mol. The lowest BCUT2D eigenvalue weighted by Crippen LogP contribution is -2.41. The van der Waals surface area contributed by atoms with Crippen LogP contribution in [0.15, 0.2) is 76.3 Å². The zero-order valence-corrected chi connectivity index (χ0v) is 19.5. The normalized spacial score (nSPS) is 12.1. The number of ether oxygens (including phenoxy) is 2. The first kappa shape index (κ1) is 22.7. The number of nitrogens with zero attached hydrogens (tertiary/aromatic N) is 2. The molecule has 0 spiro atoms. The van der Waals surface area contributed by atoms with Crippen LogP contribution >= 0.6 is 11.6 Å². The van der Waals surface area contributed by atoms with Crippen molar-refractivity contribution in [1.82, 2.24) is 14.5 Å². The molecule has 0 atom stereocenters. The summed E-state index contributed by atoms with van der Waals surface area (Å²) in [4.78, 5) is 38.9. The van der Waals surface area contributed by atoms with E-state index in [1.807, 2.05) is 24.3 Å². The highest BCUT2D eigenvalue weighted by Gasteiger charge is 2.16. The largest absolute Gasteiger partial charge is 0.454 e. The minimum absolute atomic E-state index is 0.0149. The molecule has 1 aromatic heterocycles. The molecule has 0 saturated carbocycles. The highest BCUT2D eigenvalue weighted by atomic mass is 35.5. The summed E-state index contributed by atoms with van der Waals surface area (Å²) in [5, 5.41) is 3.84. The Labute approximate surface area is 205 Å². The van der Waals surface area contributed by atoms with E-state index in [-0.39, 0.29) is 32.2 Å². The lowest BCUT2D eigenvalue weighted by molar-refractivity contribution is -0.121. The Bertz CT molecular complexity index is 1530. The third kappa shape index (κ3) is 4.79. The summed E-state index contributed by atoms with van der Waals surface area (Å²) >= 11 is 5.98. The first-order chi connectivity index (χ1) is 17.0. The number of fused-ring (bicyclic) bond motifs is 2. The Hall–Kier alpha value is -4.04. The van der Waals surface area contributed by atoms with Crippen LogP contribution in [0.4, 0.5) is 0 Å². The van der Waals surface area contributed by atoms with Crippen LogP contribution in [0, 0.1) is 0 Å². The second-order valence-corrected chi connectivity index (χ2v) is 8.62. The van der Waals surface area contributed by atoms with Gasteiger partial charge in [-0.05, 0) is 47.5 Å². The summed E-state index contributed by atoms with van der Waals surface area (Å²) in [5.74, 6) is 1.04. The second-order valence-electron chi connectivity index (χ2n) is 8.18. The van der Waals surface area contributed by atoms with E-state index in [2.05, 4.69) is 5.32 Å². The van der Waals surface area contributed by atoms with Crippen molar-refractivity contribution >= 4 is 28.4 Å². The zero-order valence-electron chi connectivity index (χ0n) is 18.7. The lowest BCUT2D eigenvalue weighted by Gasteiger charge is -2.14. The number of amides is 1. The Morgan fingerprint density at radius 1 is 0.914 bits per heavy atom. The fraction of sp³-hybridized carbons (Fsp3) is 0.192. The van der Waals surface area contributed by atoms with Gasteiger partial charge in [-0.25, -0.2) is 4.79 Å². The van der Waals surface area contributed by atoms with Crippen LogP contribution in [0.2, 0.25) is 5.02 Å². The molecule has 8 nitrogen and oxygen atoms in total. The second kappa shape index (κ2) is 9.68. The third-order valence-electron chi connectivity index (χ3n) is 5.88. The number of aromatic nitrogens is 2. The van der Waals surface area contributed by atoms with Crippen molar-refractivity contribution < 1.29 is 14.3 Å². The molecule has 0 fully saturated rings. The van der Waals surface area contributed by atoms with Gasteiger partial charge in [0.15, 0.2) is 11.5 Å². The Kier molecular flexibility index (Phi) is 6.29. The van der Waals surface area contributed by atoms with Gasteiger partial charge in [-0.3, -0.25) is 18.7 Å². The van der Waals surface area contributed by atoms with Crippen LogP contribution in [-0.4, -0.2) is 21.8 Å². The maximum Gasteiger partial charge on any atom is 0.331 e. The molecule has 1 aliphatic heterocycles. The van der Waals surface area contributed by atoms with Crippen LogP contribution in [0.25, 0.3) is 10.9 Å². The topological polar surface area (TPSA) is 91.6 Å². The molecule has 1 amide bonds. The fourth-order valence-corrected chi connectivity index (χ4v) is 4.17. The standard InChI is InChI=1S/C26H22ClN3O5/c27-19-8-5-17(6-9-19)15-30-21-4-2-1-3-20(21)25(32)29(26(30)33)12-11-24(31)28-14-18-7-10-22-23(13-18)35-16-34-22/h1-10,13H,11-12,14-16H2,(H,28,31). The molecule has 35 heavy (non-hydrogen) atoms. The van der Waals surface area contributed by atoms with E-state index in [1.165, 1.54) is 0 Å². The summed E-state index contributed by atoms with van der Waals surface area (Å²) in [6.07, 6.45) is -0.0149. The molecule has 0 bridgehead atoms. The van der Waals surface area contributed by atoms with E-state index >= 15 is 0 Å². The molecule has 0 aliphatic carbocycles. The van der Waals surface area contributed by atoms with E-state index in [9.17, 15) is 14.4 Å². The highest BCUT2D eigenvalue weighted by molar-refractivity contribution is 6.30. The van der Waals surface area contributed by atoms with Crippen molar-refractivity contribution in [2.24, 2.45) is 0 Å². The molecule has 0 radical (unpaired) electrons. The Morgan fingerprint density at radius 2 is 1.66 bits per heavy atom. The number of benzene rings is 3. The predicted molar refractivity (Wildman–Crippen MR) is 132 cm³/mol. The smallest absolute Gasteiger partial charge is 0.331 e. The van der Waals surface area contributed by atoms with Crippen molar-refractivity contribution in [2.75, 3.05) is 6.79 Å². The minimum atomic E-state index is -0.466. The van der Waals surface area contributed by atoms with E-state index in [0.717, 1.165) is 15.7 Å². The maximum absolute atomic E-state index is 13.3. The van der Waals surface area contributed by atoms with Crippen LogP contribution < -0.4 is 26.0 Å². The first-order valence-electron chi connectivity index (χ1n) is 11.1. The SMILES string of the molecule is O=C(CCn1c(=O)c2ccccc2n(Cc2ccc(Cl)cc2)c1=O)NCc1ccc2c(c1)OCO2. The molecule has 5 rings (SSSR count). The van der Waals surface area contributed by atoms with Gasteiger partial charge in [0.2, 0.25) is 12.7 Å². The van der Waals surface area contributed by atoms with Crippen LogP contribution in [0.3, 0.4) is 0 Å². The molecular weight excluding hydrogens is 470 g/mol. The molecule has 1 aliphatic rings. The van der Waals surface area contributed by atoms with E-state index < -0.39 is 11.2 Å². The first-order valence-corrected chi connectivity index (χ1v) is 11.5.